The summed E-state index contributed by atoms with van der Waals surface area (Å²) in [5, 5.41) is 0. The average molecular weight is 1380 g/mol. The van der Waals surface area contributed by atoms with Gasteiger partial charge < -0.3 is 0 Å². The lowest BCUT2D eigenvalue weighted by Gasteiger charge is -2.18. The molecule has 0 rings (SSSR count). The van der Waals surface area contributed by atoms with E-state index in [2.05, 4.69) is 78.9 Å². The quantitative estimate of drug-likeness (QED) is 0.0319. The number of allylic oxidation sites excluding steroid dienone is 6. The van der Waals surface area contributed by atoms with Crippen LogP contribution in [0.2, 0.25) is 0 Å². The highest BCUT2D eigenvalue weighted by atomic mass is 31.2. The smallest absolute Gasteiger partial charge is 0.287 e. The molecule has 0 saturated carbocycles. The minimum atomic E-state index is -3.48. The largest absolute Gasteiger partial charge is 0.475 e. The predicted octanol–water partition coefficient (Wildman–Crippen LogP) is 24.9. The minimum absolute atomic E-state index is 0.103. The first kappa shape index (κ1) is 95.7. The van der Waals surface area contributed by atoms with E-state index in [1.54, 1.807) is 18.2 Å². The maximum atomic E-state index is 13.2. The van der Waals surface area contributed by atoms with Crippen LogP contribution in [-0.4, -0.2) is 79.3 Å². The molecule has 536 valence electrons. The number of phosphoric acid groups is 4. The number of hydrogen-bond acceptors (Lipinski definition) is 16. The van der Waals surface area contributed by atoms with Crippen molar-refractivity contribution in [1.29, 1.82) is 0 Å². The third-order valence-electron chi connectivity index (χ3n) is 12.8. The first-order valence-electron chi connectivity index (χ1n) is 34.2. The van der Waals surface area contributed by atoms with E-state index in [1.165, 1.54) is 115 Å². The van der Waals surface area contributed by atoms with Gasteiger partial charge in [-0.3, -0.25) is 54.3 Å². The van der Waals surface area contributed by atoms with Gasteiger partial charge in [-0.1, -0.05) is 169 Å². The molecule has 92 heavy (non-hydrogen) atoms. The van der Waals surface area contributed by atoms with Gasteiger partial charge in [-0.25, -0.2) is 18.3 Å². The summed E-state index contributed by atoms with van der Waals surface area (Å²) >= 11 is 0. The highest BCUT2D eigenvalue weighted by Crippen LogP contribution is 2.52. The molecule has 0 saturated heterocycles. The van der Waals surface area contributed by atoms with Crippen molar-refractivity contribution in [3.63, 3.8) is 0 Å². The number of rotatable bonds is 72. The molecule has 0 atom stereocenters. The minimum Gasteiger partial charge on any atom is -0.287 e. The summed E-state index contributed by atoms with van der Waals surface area (Å²) in [7, 11) is -13.8. The molecule has 0 aliphatic carbocycles. The molecular formula is C72H132O16P4. The summed E-state index contributed by atoms with van der Waals surface area (Å²) < 4.78 is 113. The third kappa shape index (κ3) is 74.7. The first-order chi connectivity index (χ1) is 44.7. The van der Waals surface area contributed by atoms with E-state index in [1.807, 2.05) is 36.5 Å². The fourth-order valence-electron chi connectivity index (χ4n) is 7.68. The molecule has 0 spiro atoms. The van der Waals surface area contributed by atoms with Crippen molar-refractivity contribution in [2.75, 3.05) is 79.3 Å². The maximum absolute atomic E-state index is 13.2. The van der Waals surface area contributed by atoms with Crippen LogP contribution in [0.25, 0.3) is 0 Å². The Morgan fingerprint density at radius 3 is 0.489 bits per heavy atom. The maximum Gasteiger partial charge on any atom is 0.475 e. The molecule has 0 unspecified atom stereocenters. The van der Waals surface area contributed by atoms with Gasteiger partial charge in [-0.2, -0.15) is 0 Å². The Morgan fingerprint density at radius 1 is 0.163 bits per heavy atom. The zero-order chi connectivity index (χ0) is 68.9. The SMILES string of the molecule is C=CCCCCCCCCCOP(=O)(OCCCCCCCCCC=C)OCCCCCCCCCC=C.C=CCCCCOP(=O)(OCCCCC=C)OCCCCC=C.C=CCCOP(=O)(OCCC=C)OCCC=C.C=CCOP(=O)(OCC=C)OCC=C. The van der Waals surface area contributed by atoms with E-state index in [0.717, 1.165) is 116 Å². The Kier molecular flexibility index (Phi) is 80.4. The first-order valence-corrected chi connectivity index (χ1v) is 40.0. The second-order valence-electron chi connectivity index (χ2n) is 21.3. The van der Waals surface area contributed by atoms with Crippen LogP contribution >= 0.6 is 31.3 Å². The van der Waals surface area contributed by atoms with Gasteiger partial charge in [0.1, 0.15) is 0 Å². The Balaban J connectivity index is -0.000000609. The second-order valence-corrected chi connectivity index (χ2v) is 28.0. The summed E-state index contributed by atoms with van der Waals surface area (Å²) in [5.74, 6) is 0. The van der Waals surface area contributed by atoms with E-state index in [0.29, 0.717) is 58.9 Å². The summed E-state index contributed by atoms with van der Waals surface area (Å²) in [5.41, 5.74) is 0. The van der Waals surface area contributed by atoms with Crippen molar-refractivity contribution in [2.45, 2.75) is 231 Å². The van der Waals surface area contributed by atoms with Crippen molar-refractivity contribution >= 4 is 31.3 Å². The topological polar surface area (TPSA) is 179 Å². The lowest BCUT2D eigenvalue weighted by Crippen LogP contribution is -2.04. The van der Waals surface area contributed by atoms with E-state index in [4.69, 9.17) is 54.3 Å². The summed E-state index contributed by atoms with van der Waals surface area (Å²) in [6.45, 7) is 46.9. The molecule has 20 heteroatoms. The summed E-state index contributed by atoms with van der Waals surface area (Å²) in [4.78, 5) is 0. The monoisotopic (exact) mass is 1380 g/mol. The Labute approximate surface area is 563 Å². The normalized spacial score (nSPS) is 11.3. The molecule has 0 fully saturated rings. The van der Waals surface area contributed by atoms with E-state index in [9.17, 15) is 18.3 Å². The van der Waals surface area contributed by atoms with Gasteiger partial charge >= 0.3 is 31.3 Å². The van der Waals surface area contributed by atoms with E-state index < -0.39 is 31.3 Å². The van der Waals surface area contributed by atoms with Crippen molar-refractivity contribution in [3.05, 3.63) is 152 Å². The number of unbranched alkanes of at least 4 members (excludes halogenated alkanes) is 27. The molecule has 0 amide bonds. The van der Waals surface area contributed by atoms with Crippen LogP contribution in [-0.2, 0) is 72.5 Å². The van der Waals surface area contributed by atoms with E-state index >= 15 is 0 Å². The molecule has 0 aromatic heterocycles. The fourth-order valence-corrected chi connectivity index (χ4v) is 12.5. The van der Waals surface area contributed by atoms with Gasteiger partial charge in [-0.15, -0.1) is 78.9 Å². The van der Waals surface area contributed by atoms with Crippen LogP contribution in [0.1, 0.15) is 231 Å². The molecular weight excluding hydrogens is 1240 g/mol. The van der Waals surface area contributed by atoms with Gasteiger partial charge in [0.2, 0.25) is 0 Å². The van der Waals surface area contributed by atoms with Crippen LogP contribution < -0.4 is 0 Å². The predicted molar refractivity (Wildman–Crippen MR) is 390 cm³/mol. The lowest BCUT2D eigenvalue weighted by molar-refractivity contribution is 0.108. The third-order valence-corrected chi connectivity index (χ3v) is 18.7. The lowest BCUT2D eigenvalue weighted by atomic mass is 10.1. The number of phosphoric ester groups is 4. The van der Waals surface area contributed by atoms with Crippen molar-refractivity contribution < 1.29 is 72.5 Å². The average Bonchev–Trinajstić information content (AvgIpc) is 2.94. The van der Waals surface area contributed by atoms with Crippen molar-refractivity contribution in [3.8, 4) is 0 Å². The molecule has 0 heterocycles. The van der Waals surface area contributed by atoms with Crippen LogP contribution in [0.3, 0.4) is 0 Å². The van der Waals surface area contributed by atoms with Gasteiger partial charge in [0, 0.05) is 0 Å². The molecule has 0 N–H and O–H groups in total. The van der Waals surface area contributed by atoms with Crippen molar-refractivity contribution in [1.82, 2.24) is 0 Å². The molecule has 0 bridgehead atoms. The highest BCUT2D eigenvalue weighted by Gasteiger charge is 2.29. The molecule has 0 aromatic rings. The molecule has 0 radical (unpaired) electrons. The summed E-state index contributed by atoms with van der Waals surface area (Å²) in [6.07, 6.45) is 59.1. The molecule has 16 nitrogen and oxygen atoms in total. The van der Waals surface area contributed by atoms with Crippen molar-refractivity contribution in [2.24, 2.45) is 0 Å². The number of hydrogen-bond donors (Lipinski definition) is 0. The van der Waals surface area contributed by atoms with Gasteiger partial charge in [0.25, 0.3) is 0 Å². The standard InChI is InChI=1S/C33H63O4P.C18H33O4P.C12H21O4P.C9H15O4P/c1-4-7-10-13-16-19-22-25-28-31-35-38(34,36-32-29-26-23-20-17-14-11-8-5-2)37-33-30-27-24-21-18-15-12-9-6-3;1-4-7-10-13-16-20-23(19,21-17-14-11-8-5-2)22-18-15-12-9-6-3;1-4-7-10-14-17(13,15-11-8-5-2)16-12-9-6-3;1-4-7-11-14(10,12-8-5-2)13-9-6-3/h4-6H,1-3,7-33H2;4-6H,1-3,7-18H2;4-6H,1-3,7-12H2;4-6H,1-3,7-9H2. The van der Waals surface area contributed by atoms with Crippen LogP contribution in [0.4, 0.5) is 0 Å². The van der Waals surface area contributed by atoms with Crippen LogP contribution in [0.5, 0.6) is 0 Å². The van der Waals surface area contributed by atoms with Gasteiger partial charge in [0.15, 0.2) is 0 Å². The fraction of sp³-hybridized carbons (Fsp3) is 0.667. The second kappa shape index (κ2) is 77.3. The highest BCUT2D eigenvalue weighted by molar-refractivity contribution is 7.49. The summed E-state index contributed by atoms with van der Waals surface area (Å²) in [6, 6.07) is 0. The molecule has 0 aliphatic rings. The van der Waals surface area contributed by atoms with Crippen LogP contribution in [0, 0.1) is 0 Å². The Bertz CT molecular complexity index is 1750. The van der Waals surface area contributed by atoms with E-state index in [-0.39, 0.29) is 39.6 Å². The zero-order valence-electron chi connectivity index (χ0n) is 57.7. The van der Waals surface area contributed by atoms with Crippen LogP contribution in [0.15, 0.2) is 152 Å². The van der Waals surface area contributed by atoms with Gasteiger partial charge in [-0.05, 0) is 135 Å². The Morgan fingerprint density at radius 2 is 0.304 bits per heavy atom. The Hall–Kier alpha value is -2.68. The zero-order valence-corrected chi connectivity index (χ0v) is 61.3. The molecule has 0 aromatic carbocycles. The molecule has 0 aliphatic heterocycles. The van der Waals surface area contributed by atoms with Gasteiger partial charge in [0.05, 0.1) is 79.3 Å².